The van der Waals surface area contributed by atoms with Gasteiger partial charge in [-0.1, -0.05) is 30.3 Å². The predicted octanol–water partition coefficient (Wildman–Crippen LogP) is 4.43. The third kappa shape index (κ3) is 2.73. The molecule has 0 aliphatic carbocycles. The average molecular weight is 331 g/mol. The van der Waals surface area contributed by atoms with Gasteiger partial charge in [0.2, 0.25) is 0 Å². The Morgan fingerprint density at radius 2 is 1.52 bits per heavy atom. The smallest absolute Gasteiger partial charge is 0.223 e. The van der Waals surface area contributed by atoms with E-state index in [1.165, 1.54) is 0 Å². The Kier molecular flexibility index (Phi) is 3.31. The molecule has 0 unspecified atom stereocenters. The van der Waals surface area contributed by atoms with Crippen LogP contribution in [0.3, 0.4) is 0 Å². The van der Waals surface area contributed by atoms with Crippen LogP contribution in [-0.2, 0) is 12.4 Å². The fourth-order valence-electron chi connectivity index (χ4n) is 2.13. The fourth-order valence-corrected chi connectivity index (χ4v) is 2.13. The SMILES string of the molecule is FC(F)(F)c1cc(C(F)(F)F)n2ncc(-c3ccccc3)c2n1. The molecule has 2 aromatic heterocycles. The van der Waals surface area contributed by atoms with Crippen molar-refractivity contribution in [3.8, 4) is 11.1 Å². The highest BCUT2D eigenvalue weighted by molar-refractivity contribution is 5.77. The van der Waals surface area contributed by atoms with Gasteiger partial charge >= 0.3 is 12.4 Å². The molecule has 3 aromatic rings. The highest BCUT2D eigenvalue weighted by Crippen LogP contribution is 2.36. The van der Waals surface area contributed by atoms with E-state index in [-0.39, 0.29) is 11.6 Å². The van der Waals surface area contributed by atoms with E-state index in [2.05, 4.69) is 10.1 Å². The van der Waals surface area contributed by atoms with Gasteiger partial charge < -0.3 is 0 Å². The van der Waals surface area contributed by atoms with E-state index in [0.717, 1.165) is 6.20 Å². The first-order chi connectivity index (χ1) is 10.7. The maximum absolute atomic E-state index is 13.0. The van der Waals surface area contributed by atoms with Crippen molar-refractivity contribution < 1.29 is 26.3 Å². The number of aromatic nitrogens is 3. The second-order valence-electron chi connectivity index (χ2n) is 4.68. The van der Waals surface area contributed by atoms with Crippen LogP contribution in [0.15, 0.2) is 42.6 Å². The van der Waals surface area contributed by atoms with Crippen LogP contribution in [0.4, 0.5) is 26.3 Å². The summed E-state index contributed by atoms with van der Waals surface area (Å²) in [5.41, 5.74) is -3.14. The molecule has 2 heterocycles. The number of benzene rings is 1. The van der Waals surface area contributed by atoms with Crippen molar-refractivity contribution in [2.24, 2.45) is 0 Å². The summed E-state index contributed by atoms with van der Waals surface area (Å²) in [5.74, 6) is 0. The van der Waals surface area contributed by atoms with Gasteiger partial charge in [-0.15, -0.1) is 0 Å². The van der Waals surface area contributed by atoms with Crippen LogP contribution in [0.1, 0.15) is 11.4 Å². The molecule has 0 aliphatic rings. The van der Waals surface area contributed by atoms with E-state index in [9.17, 15) is 26.3 Å². The van der Waals surface area contributed by atoms with Crippen molar-refractivity contribution in [2.45, 2.75) is 12.4 Å². The van der Waals surface area contributed by atoms with Crippen LogP contribution in [0.25, 0.3) is 16.8 Å². The van der Waals surface area contributed by atoms with Crippen molar-refractivity contribution in [1.82, 2.24) is 14.6 Å². The molecule has 0 fully saturated rings. The van der Waals surface area contributed by atoms with Gasteiger partial charge in [-0.25, -0.2) is 9.50 Å². The first-order valence-electron chi connectivity index (χ1n) is 6.26. The molecule has 0 atom stereocenters. The molecule has 3 rings (SSSR count). The zero-order valence-electron chi connectivity index (χ0n) is 11.2. The topological polar surface area (TPSA) is 30.2 Å². The first-order valence-corrected chi connectivity index (χ1v) is 6.26. The summed E-state index contributed by atoms with van der Waals surface area (Å²) in [4.78, 5) is 3.33. The minimum Gasteiger partial charge on any atom is -0.223 e. The van der Waals surface area contributed by atoms with Gasteiger partial charge in [0.05, 0.1) is 6.20 Å². The summed E-state index contributed by atoms with van der Waals surface area (Å²) in [6.07, 6.45) is -8.94. The molecule has 0 aliphatic heterocycles. The van der Waals surface area contributed by atoms with Gasteiger partial charge in [0, 0.05) is 5.56 Å². The normalized spacial score (nSPS) is 12.8. The Balaban J connectivity index is 2.35. The lowest BCUT2D eigenvalue weighted by molar-refractivity contribution is -0.148. The second kappa shape index (κ2) is 4.97. The predicted molar refractivity (Wildman–Crippen MR) is 68.4 cm³/mol. The van der Waals surface area contributed by atoms with Crippen LogP contribution >= 0.6 is 0 Å². The molecular weight excluding hydrogens is 324 g/mol. The maximum Gasteiger partial charge on any atom is 0.433 e. The number of alkyl halides is 6. The Morgan fingerprint density at radius 3 is 2.09 bits per heavy atom. The number of halogens is 6. The van der Waals surface area contributed by atoms with E-state index in [4.69, 9.17) is 0 Å². The zero-order chi connectivity index (χ0) is 16.8. The first kappa shape index (κ1) is 15.3. The van der Waals surface area contributed by atoms with Gasteiger partial charge in [-0.3, -0.25) is 0 Å². The number of hydrogen-bond donors (Lipinski definition) is 0. The Hall–Kier alpha value is -2.58. The van der Waals surface area contributed by atoms with Crippen LogP contribution in [0.2, 0.25) is 0 Å². The molecule has 1 aromatic carbocycles. The van der Waals surface area contributed by atoms with E-state index in [0.29, 0.717) is 10.1 Å². The van der Waals surface area contributed by atoms with Crippen molar-refractivity contribution >= 4 is 5.65 Å². The second-order valence-corrected chi connectivity index (χ2v) is 4.68. The fraction of sp³-hybridized carbons (Fsp3) is 0.143. The van der Waals surface area contributed by atoms with Crippen LogP contribution in [-0.4, -0.2) is 14.6 Å². The molecule has 3 nitrogen and oxygen atoms in total. The number of hydrogen-bond acceptors (Lipinski definition) is 2. The van der Waals surface area contributed by atoms with Crippen molar-refractivity contribution in [2.75, 3.05) is 0 Å². The molecule has 0 spiro atoms. The summed E-state index contributed by atoms with van der Waals surface area (Å²) in [6, 6.07) is 7.94. The number of fused-ring (bicyclic) bond motifs is 1. The van der Waals surface area contributed by atoms with Gasteiger partial charge in [0.15, 0.2) is 11.3 Å². The molecule has 23 heavy (non-hydrogen) atoms. The van der Waals surface area contributed by atoms with Gasteiger partial charge in [-0.05, 0) is 11.6 Å². The zero-order valence-corrected chi connectivity index (χ0v) is 11.2. The molecule has 0 N–H and O–H groups in total. The van der Waals surface area contributed by atoms with Crippen LogP contribution in [0, 0.1) is 0 Å². The quantitative estimate of drug-likeness (QED) is 0.617. The molecule has 9 heteroatoms. The molecule has 0 saturated carbocycles. The van der Waals surface area contributed by atoms with Crippen molar-refractivity contribution in [3.05, 3.63) is 54.0 Å². The summed E-state index contributed by atoms with van der Waals surface area (Å²) >= 11 is 0. The average Bonchev–Trinajstić information content (AvgIpc) is 2.89. The Bertz CT molecular complexity index is 849. The molecular formula is C14H7F6N3. The molecule has 0 radical (unpaired) electrons. The Morgan fingerprint density at radius 1 is 0.870 bits per heavy atom. The standard InChI is InChI=1S/C14H7F6N3/c15-13(16,17)10-6-11(14(18,19)20)23-12(22-10)9(7-21-23)8-4-2-1-3-5-8/h1-7H. The maximum atomic E-state index is 13.0. The van der Waals surface area contributed by atoms with E-state index < -0.39 is 29.4 Å². The summed E-state index contributed by atoms with van der Waals surface area (Å²) < 4.78 is 78.1. The molecule has 0 amide bonds. The third-order valence-corrected chi connectivity index (χ3v) is 3.14. The van der Waals surface area contributed by atoms with E-state index in [1.807, 2.05) is 0 Å². The molecule has 0 saturated heterocycles. The van der Waals surface area contributed by atoms with Crippen LogP contribution in [0.5, 0.6) is 0 Å². The highest BCUT2D eigenvalue weighted by atomic mass is 19.4. The monoisotopic (exact) mass is 331 g/mol. The van der Waals surface area contributed by atoms with Gasteiger partial charge in [0.1, 0.15) is 5.69 Å². The van der Waals surface area contributed by atoms with Gasteiger partial charge in [0.25, 0.3) is 0 Å². The van der Waals surface area contributed by atoms with Crippen molar-refractivity contribution in [3.63, 3.8) is 0 Å². The lowest BCUT2D eigenvalue weighted by Crippen LogP contribution is -2.18. The lowest BCUT2D eigenvalue weighted by Gasteiger charge is -2.13. The van der Waals surface area contributed by atoms with Crippen LogP contribution < -0.4 is 0 Å². The lowest BCUT2D eigenvalue weighted by atomic mass is 10.1. The third-order valence-electron chi connectivity index (χ3n) is 3.14. The molecule has 120 valence electrons. The highest BCUT2D eigenvalue weighted by Gasteiger charge is 2.40. The van der Waals surface area contributed by atoms with E-state index >= 15 is 0 Å². The summed E-state index contributed by atoms with van der Waals surface area (Å²) in [7, 11) is 0. The van der Waals surface area contributed by atoms with Gasteiger partial charge in [-0.2, -0.15) is 31.4 Å². The Labute approximate surface area is 125 Å². The largest absolute Gasteiger partial charge is 0.433 e. The summed E-state index contributed by atoms with van der Waals surface area (Å²) in [6.45, 7) is 0. The van der Waals surface area contributed by atoms with E-state index in [1.54, 1.807) is 30.3 Å². The van der Waals surface area contributed by atoms with Crippen molar-refractivity contribution in [1.29, 1.82) is 0 Å². The summed E-state index contributed by atoms with van der Waals surface area (Å²) in [5, 5.41) is 3.55. The molecule has 0 bridgehead atoms. The number of nitrogens with zero attached hydrogens (tertiary/aromatic N) is 3. The number of rotatable bonds is 1. The minimum atomic E-state index is -5.00. The minimum absolute atomic E-state index is 0.0469.